The summed E-state index contributed by atoms with van der Waals surface area (Å²) < 4.78 is 15.9. The van der Waals surface area contributed by atoms with Gasteiger partial charge in [0.2, 0.25) is 6.79 Å². The Morgan fingerprint density at radius 2 is 1.67 bits per heavy atom. The molecule has 2 N–H and O–H groups in total. The third-order valence-corrected chi connectivity index (χ3v) is 3.59. The molecule has 2 aromatic rings. The first kappa shape index (κ1) is 13.8. The van der Waals surface area contributed by atoms with E-state index >= 15 is 0 Å². The molecule has 0 aliphatic carbocycles. The number of hydrogen-bond acceptors (Lipinski definition) is 4. The van der Waals surface area contributed by atoms with Crippen LogP contribution < -0.4 is 19.9 Å². The highest BCUT2D eigenvalue weighted by atomic mass is 16.7. The largest absolute Gasteiger partial charge is 0.497 e. The lowest BCUT2D eigenvalue weighted by Gasteiger charge is -2.12. The first-order chi connectivity index (χ1) is 10.2. The number of fused-ring (bicyclic) bond motifs is 1. The summed E-state index contributed by atoms with van der Waals surface area (Å²) in [5, 5.41) is 0. The molecule has 0 saturated carbocycles. The Morgan fingerprint density at radius 3 is 2.43 bits per heavy atom. The minimum atomic E-state index is 0.0683. The van der Waals surface area contributed by atoms with E-state index < -0.39 is 0 Å². The normalized spacial score (nSPS) is 14.0. The molecular weight excluding hydrogens is 266 g/mol. The van der Waals surface area contributed by atoms with E-state index in [4.69, 9.17) is 19.9 Å². The molecule has 4 nitrogen and oxygen atoms in total. The van der Waals surface area contributed by atoms with Crippen molar-refractivity contribution in [3.05, 3.63) is 53.6 Å². The molecule has 1 aliphatic rings. The SMILES string of the molecule is COc1ccc(CC(N)Cc2ccc3c(c2)OCO3)cc1. The van der Waals surface area contributed by atoms with Gasteiger partial charge in [-0.05, 0) is 48.2 Å². The molecule has 0 spiro atoms. The quantitative estimate of drug-likeness (QED) is 0.917. The summed E-state index contributed by atoms with van der Waals surface area (Å²) in [5.74, 6) is 2.48. The van der Waals surface area contributed by atoms with Gasteiger partial charge in [0.1, 0.15) is 5.75 Å². The van der Waals surface area contributed by atoms with E-state index in [-0.39, 0.29) is 6.04 Å². The summed E-state index contributed by atoms with van der Waals surface area (Å²) in [6, 6.07) is 14.1. The molecule has 2 aromatic carbocycles. The summed E-state index contributed by atoms with van der Waals surface area (Å²) in [5.41, 5.74) is 8.63. The van der Waals surface area contributed by atoms with Gasteiger partial charge in [-0.25, -0.2) is 0 Å². The first-order valence-electron chi connectivity index (χ1n) is 7.01. The van der Waals surface area contributed by atoms with Crippen LogP contribution in [0.15, 0.2) is 42.5 Å². The van der Waals surface area contributed by atoms with Crippen LogP contribution in [0.3, 0.4) is 0 Å². The van der Waals surface area contributed by atoms with Crippen molar-refractivity contribution in [1.82, 2.24) is 0 Å². The minimum absolute atomic E-state index is 0.0683. The summed E-state index contributed by atoms with van der Waals surface area (Å²) in [6.07, 6.45) is 1.64. The van der Waals surface area contributed by atoms with Crippen molar-refractivity contribution in [1.29, 1.82) is 0 Å². The van der Waals surface area contributed by atoms with Gasteiger partial charge in [-0.2, -0.15) is 0 Å². The van der Waals surface area contributed by atoms with E-state index in [9.17, 15) is 0 Å². The summed E-state index contributed by atoms with van der Waals surface area (Å²) in [4.78, 5) is 0. The van der Waals surface area contributed by atoms with Crippen molar-refractivity contribution in [2.24, 2.45) is 5.73 Å². The van der Waals surface area contributed by atoms with E-state index in [0.717, 1.165) is 30.1 Å². The van der Waals surface area contributed by atoms with Crippen LogP contribution in [0.4, 0.5) is 0 Å². The van der Waals surface area contributed by atoms with Gasteiger partial charge in [-0.1, -0.05) is 18.2 Å². The second-order valence-corrected chi connectivity index (χ2v) is 5.20. The smallest absolute Gasteiger partial charge is 0.231 e. The van der Waals surface area contributed by atoms with Gasteiger partial charge in [0.15, 0.2) is 11.5 Å². The third-order valence-electron chi connectivity index (χ3n) is 3.59. The Hall–Kier alpha value is -2.20. The molecule has 3 rings (SSSR count). The number of nitrogens with two attached hydrogens (primary N) is 1. The zero-order chi connectivity index (χ0) is 14.7. The highest BCUT2D eigenvalue weighted by Crippen LogP contribution is 2.32. The molecule has 0 radical (unpaired) electrons. The fourth-order valence-electron chi connectivity index (χ4n) is 2.51. The number of benzene rings is 2. The van der Waals surface area contributed by atoms with Crippen LogP contribution in [0.25, 0.3) is 0 Å². The highest BCUT2D eigenvalue weighted by molar-refractivity contribution is 5.44. The minimum Gasteiger partial charge on any atom is -0.497 e. The van der Waals surface area contributed by atoms with E-state index in [1.807, 2.05) is 30.3 Å². The van der Waals surface area contributed by atoms with Crippen LogP contribution in [0.1, 0.15) is 11.1 Å². The summed E-state index contributed by atoms with van der Waals surface area (Å²) in [7, 11) is 1.67. The van der Waals surface area contributed by atoms with Crippen molar-refractivity contribution in [3.8, 4) is 17.2 Å². The maximum atomic E-state index is 6.25. The summed E-state index contributed by atoms with van der Waals surface area (Å²) in [6.45, 7) is 0.302. The molecule has 4 heteroatoms. The maximum Gasteiger partial charge on any atom is 0.231 e. The van der Waals surface area contributed by atoms with Crippen LogP contribution >= 0.6 is 0 Å². The molecule has 1 unspecified atom stereocenters. The number of hydrogen-bond donors (Lipinski definition) is 1. The lowest BCUT2D eigenvalue weighted by atomic mass is 9.99. The lowest BCUT2D eigenvalue weighted by molar-refractivity contribution is 0.174. The van der Waals surface area contributed by atoms with Gasteiger partial charge in [0, 0.05) is 6.04 Å². The highest BCUT2D eigenvalue weighted by Gasteiger charge is 2.14. The standard InChI is InChI=1S/C17H19NO3/c1-19-15-5-2-12(3-6-15)8-14(18)9-13-4-7-16-17(10-13)21-11-20-16/h2-7,10,14H,8-9,11,18H2,1H3. The van der Waals surface area contributed by atoms with Crippen LogP contribution in [-0.4, -0.2) is 19.9 Å². The fourth-order valence-corrected chi connectivity index (χ4v) is 2.51. The van der Waals surface area contributed by atoms with Gasteiger partial charge in [-0.15, -0.1) is 0 Å². The van der Waals surface area contributed by atoms with Crippen molar-refractivity contribution in [3.63, 3.8) is 0 Å². The predicted molar refractivity (Wildman–Crippen MR) is 80.9 cm³/mol. The number of ether oxygens (including phenoxy) is 3. The molecule has 0 bridgehead atoms. The first-order valence-corrected chi connectivity index (χ1v) is 7.01. The molecule has 0 saturated heterocycles. The Balaban J connectivity index is 1.61. The molecule has 0 amide bonds. The van der Waals surface area contributed by atoms with Crippen LogP contribution in [0, 0.1) is 0 Å². The van der Waals surface area contributed by atoms with Crippen LogP contribution in [0.5, 0.6) is 17.2 Å². The zero-order valence-corrected chi connectivity index (χ0v) is 12.0. The van der Waals surface area contributed by atoms with E-state index in [0.29, 0.717) is 6.79 Å². The van der Waals surface area contributed by atoms with Gasteiger partial charge < -0.3 is 19.9 Å². The Kier molecular flexibility index (Phi) is 3.97. The number of methoxy groups -OCH3 is 1. The van der Waals surface area contributed by atoms with Crippen molar-refractivity contribution in [2.45, 2.75) is 18.9 Å². The van der Waals surface area contributed by atoms with Crippen molar-refractivity contribution >= 4 is 0 Å². The zero-order valence-electron chi connectivity index (χ0n) is 12.0. The Labute approximate surface area is 124 Å². The molecule has 0 aromatic heterocycles. The average Bonchev–Trinajstić information content (AvgIpc) is 2.95. The van der Waals surface area contributed by atoms with Gasteiger partial charge >= 0.3 is 0 Å². The van der Waals surface area contributed by atoms with Gasteiger partial charge in [0.05, 0.1) is 7.11 Å². The average molecular weight is 285 g/mol. The third kappa shape index (κ3) is 3.28. The van der Waals surface area contributed by atoms with E-state index in [1.165, 1.54) is 11.1 Å². The van der Waals surface area contributed by atoms with E-state index in [1.54, 1.807) is 7.11 Å². The Bertz CT molecular complexity index is 610. The Morgan fingerprint density at radius 1 is 1.00 bits per heavy atom. The van der Waals surface area contributed by atoms with Crippen molar-refractivity contribution < 1.29 is 14.2 Å². The van der Waals surface area contributed by atoms with Crippen LogP contribution in [-0.2, 0) is 12.8 Å². The second-order valence-electron chi connectivity index (χ2n) is 5.20. The molecule has 21 heavy (non-hydrogen) atoms. The predicted octanol–water partition coefficient (Wildman–Crippen LogP) is 2.54. The second kappa shape index (κ2) is 6.06. The molecule has 1 atom stereocenters. The lowest BCUT2D eigenvalue weighted by Crippen LogP contribution is -2.25. The van der Waals surface area contributed by atoms with Gasteiger partial charge in [-0.3, -0.25) is 0 Å². The van der Waals surface area contributed by atoms with Crippen LogP contribution in [0.2, 0.25) is 0 Å². The monoisotopic (exact) mass is 285 g/mol. The van der Waals surface area contributed by atoms with E-state index in [2.05, 4.69) is 12.1 Å². The topological polar surface area (TPSA) is 53.7 Å². The molecule has 1 heterocycles. The fraction of sp³-hybridized carbons (Fsp3) is 0.294. The molecular formula is C17H19NO3. The van der Waals surface area contributed by atoms with Gasteiger partial charge in [0.25, 0.3) is 0 Å². The molecule has 110 valence electrons. The van der Waals surface area contributed by atoms with Crippen molar-refractivity contribution in [2.75, 3.05) is 13.9 Å². The number of rotatable bonds is 5. The summed E-state index contributed by atoms with van der Waals surface area (Å²) >= 11 is 0. The molecule has 1 aliphatic heterocycles. The maximum absolute atomic E-state index is 6.25. The molecule has 0 fully saturated rings.